The van der Waals surface area contributed by atoms with Gasteiger partial charge in [0.2, 0.25) is 0 Å². The van der Waals surface area contributed by atoms with Crippen LogP contribution < -0.4 is 5.32 Å². The van der Waals surface area contributed by atoms with E-state index in [1.165, 1.54) is 10.4 Å². The average molecular weight is 374 g/mol. The van der Waals surface area contributed by atoms with Crippen LogP contribution in [0.25, 0.3) is 0 Å². The Hall–Kier alpha value is -0.420. The maximum Gasteiger partial charge on any atom is 0.115 e. The molecule has 0 spiro atoms. The van der Waals surface area contributed by atoms with Crippen molar-refractivity contribution in [1.82, 2.24) is 10.3 Å². The van der Waals surface area contributed by atoms with Crippen LogP contribution in [0.4, 0.5) is 0 Å². The van der Waals surface area contributed by atoms with Gasteiger partial charge in [0.25, 0.3) is 0 Å². The summed E-state index contributed by atoms with van der Waals surface area (Å²) >= 11 is 11.3. The van der Waals surface area contributed by atoms with Crippen molar-refractivity contribution in [3.05, 3.63) is 48.8 Å². The van der Waals surface area contributed by atoms with E-state index in [4.69, 9.17) is 16.6 Å². The Labute approximate surface area is 137 Å². The molecule has 0 bridgehead atoms. The van der Waals surface area contributed by atoms with Gasteiger partial charge in [0, 0.05) is 15.4 Å². The topological polar surface area (TPSA) is 24.9 Å². The van der Waals surface area contributed by atoms with E-state index < -0.39 is 0 Å². The van der Waals surface area contributed by atoms with Crippen LogP contribution in [0.15, 0.2) is 22.7 Å². The van der Waals surface area contributed by atoms with Crippen molar-refractivity contribution in [3.8, 4) is 0 Å². The zero-order valence-corrected chi connectivity index (χ0v) is 15.2. The molecule has 0 aliphatic carbocycles. The predicted octanol–water partition coefficient (Wildman–Crippen LogP) is 5.26. The first-order valence-electron chi connectivity index (χ1n) is 6.53. The van der Waals surface area contributed by atoms with Gasteiger partial charge >= 0.3 is 0 Å². The van der Waals surface area contributed by atoms with Gasteiger partial charge < -0.3 is 5.32 Å². The molecule has 0 saturated carbocycles. The molecule has 20 heavy (non-hydrogen) atoms. The lowest BCUT2D eigenvalue weighted by atomic mass is 10.1. The Morgan fingerprint density at radius 1 is 1.30 bits per heavy atom. The molecule has 1 N–H and O–H groups in total. The first-order chi connectivity index (χ1) is 9.38. The Bertz CT molecular complexity index is 590. The van der Waals surface area contributed by atoms with Gasteiger partial charge in [0.1, 0.15) is 5.01 Å². The molecule has 0 aliphatic rings. The second kappa shape index (κ2) is 6.56. The van der Waals surface area contributed by atoms with E-state index in [1.54, 1.807) is 11.3 Å². The zero-order chi connectivity index (χ0) is 14.9. The van der Waals surface area contributed by atoms with E-state index in [1.807, 2.05) is 6.07 Å². The van der Waals surface area contributed by atoms with E-state index in [9.17, 15) is 0 Å². The molecule has 0 aliphatic heterocycles. The van der Waals surface area contributed by atoms with Crippen LogP contribution in [-0.2, 0) is 0 Å². The number of benzene rings is 1. The summed E-state index contributed by atoms with van der Waals surface area (Å²) in [6.07, 6.45) is 0. The number of halogens is 2. The van der Waals surface area contributed by atoms with Crippen LogP contribution in [0.5, 0.6) is 0 Å². The third-order valence-corrected chi connectivity index (χ3v) is 5.42. The lowest BCUT2D eigenvalue weighted by molar-refractivity contribution is 0.526. The molecule has 1 heterocycles. The van der Waals surface area contributed by atoms with Crippen LogP contribution in [-0.4, -0.2) is 11.0 Å². The van der Waals surface area contributed by atoms with Crippen molar-refractivity contribution in [2.75, 3.05) is 0 Å². The van der Waals surface area contributed by atoms with E-state index in [0.717, 1.165) is 20.2 Å². The van der Waals surface area contributed by atoms with Gasteiger partial charge in [-0.25, -0.2) is 4.98 Å². The Balaban J connectivity index is 2.43. The standard InChI is InChI=1S/C15H18BrClN2S/c1-8(2)18-14(15-19-9(3)10(4)20-15)11-5-6-13(17)12(16)7-11/h5-8,14,18H,1-4H3. The lowest BCUT2D eigenvalue weighted by Gasteiger charge is -2.20. The summed E-state index contributed by atoms with van der Waals surface area (Å²) in [4.78, 5) is 5.97. The molecule has 1 unspecified atom stereocenters. The fourth-order valence-corrected chi connectivity index (χ4v) is 3.48. The smallest absolute Gasteiger partial charge is 0.115 e. The normalized spacial score (nSPS) is 12.9. The second-order valence-electron chi connectivity index (χ2n) is 5.12. The Morgan fingerprint density at radius 2 is 2.00 bits per heavy atom. The Kier molecular flexibility index (Phi) is 5.24. The summed E-state index contributed by atoms with van der Waals surface area (Å²) in [5, 5.41) is 5.41. The molecule has 108 valence electrons. The number of rotatable bonds is 4. The van der Waals surface area contributed by atoms with Crippen molar-refractivity contribution in [2.24, 2.45) is 0 Å². The molecule has 2 rings (SSSR count). The highest BCUT2D eigenvalue weighted by atomic mass is 79.9. The molecule has 0 amide bonds. The van der Waals surface area contributed by atoms with Crippen LogP contribution >= 0.6 is 38.9 Å². The summed E-state index contributed by atoms with van der Waals surface area (Å²) in [6.45, 7) is 8.46. The fraction of sp³-hybridized carbons (Fsp3) is 0.400. The summed E-state index contributed by atoms with van der Waals surface area (Å²) in [5.74, 6) is 0. The number of aromatic nitrogens is 1. The number of hydrogen-bond donors (Lipinski definition) is 1. The van der Waals surface area contributed by atoms with Gasteiger partial charge in [0.05, 0.1) is 16.8 Å². The monoisotopic (exact) mass is 372 g/mol. The average Bonchev–Trinajstić information content (AvgIpc) is 2.70. The molecule has 5 heteroatoms. The van der Waals surface area contributed by atoms with Crippen LogP contribution in [0.1, 0.15) is 41.0 Å². The fourth-order valence-electron chi connectivity index (χ4n) is 1.96. The largest absolute Gasteiger partial charge is 0.302 e. The number of nitrogens with zero attached hydrogens (tertiary/aromatic N) is 1. The molecule has 1 atom stereocenters. The molecule has 1 aromatic heterocycles. The minimum absolute atomic E-state index is 0.0981. The first-order valence-corrected chi connectivity index (χ1v) is 8.52. The lowest BCUT2D eigenvalue weighted by Crippen LogP contribution is -2.28. The third kappa shape index (κ3) is 3.61. The quantitative estimate of drug-likeness (QED) is 0.790. The highest BCUT2D eigenvalue weighted by Gasteiger charge is 2.20. The van der Waals surface area contributed by atoms with E-state index >= 15 is 0 Å². The SMILES string of the molecule is Cc1nc(C(NC(C)C)c2ccc(Cl)c(Br)c2)sc1C. The molecule has 1 aromatic carbocycles. The van der Waals surface area contributed by atoms with Crippen LogP contribution in [0.3, 0.4) is 0 Å². The molecule has 0 fully saturated rings. The predicted molar refractivity (Wildman–Crippen MR) is 90.9 cm³/mol. The Morgan fingerprint density at radius 3 is 2.50 bits per heavy atom. The molecular weight excluding hydrogens is 356 g/mol. The maximum atomic E-state index is 6.09. The van der Waals surface area contributed by atoms with Gasteiger partial charge in [-0.05, 0) is 61.3 Å². The molecule has 2 aromatic rings. The molecule has 0 radical (unpaired) electrons. The summed E-state index contributed by atoms with van der Waals surface area (Å²) < 4.78 is 0.914. The first kappa shape index (κ1) is 16.0. The van der Waals surface area contributed by atoms with Crippen molar-refractivity contribution in [1.29, 1.82) is 0 Å². The molecule has 2 nitrogen and oxygen atoms in total. The van der Waals surface area contributed by atoms with Gasteiger partial charge in [-0.1, -0.05) is 17.7 Å². The van der Waals surface area contributed by atoms with Gasteiger partial charge in [-0.3, -0.25) is 0 Å². The number of nitrogens with one attached hydrogen (secondary N) is 1. The van der Waals surface area contributed by atoms with Crippen molar-refractivity contribution < 1.29 is 0 Å². The summed E-state index contributed by atoms with van der Waals surface area (Å²) in [5.41, 5.74) is 2.28. The number of thiazole rings is 1. The van der Waals surface area contributed by atoms with E-state index in [0.29, 0.717) is 6.04 Å². The second-order valence-corrected chi connectivity index (χ2v) is 7.62. The van der Waals surface area contributed by atoms with E-state index in [-0.39, 0.29) is 6.04 Å². The highest BCUT2D eigenvalue weighted by Crippen LogP contribution is 2.32. The summed E-state index contributed by atoms with van der Waals surface area (Å²) in [7, 11) is 0. The summed E-state index contributed by atoms with van der Waals surface area (Å²) in [6, 6.07) is 6.51. The van der Waals surface area contributed by atoms with Gasteiger partial charge in [-0.15, -0.1) is 11.3 Å². The van der Waals surface area contributed by atoms with E-state index in [2.05, 4.69) is 61.1 Å². The number of hydrogen-bond acceptors (Lipinski definition) is 3. The van der Waals surface area contributed by atoms with Crippen LogP contribution in [0, 0.1) is 13.8 Å². The maximum absolute atomic E-state index is 6.09. The number of aryl methyl sites for hydroxylation is 2. The zero-order valence-electron chi connectivity index (χ0n) is 12.0. The molecular formula is C15H18BrClN2S. The minimum Gasteiger partial charge on any atom is -0.302 e. The molecule has 0 saturated heterocycles. The highest BCUT2D eigenvalue weighted by molar-refractivity contribution is 9.10. The van der Waals surface area contributed by atoms with Crippen LogP contribution in [0.2, 0.25) is 5.02 Å². The minimum atomic E-state index is 0.0981. The third-order valence-electron chi connectivity index (χ3n) is 3.07. The van der Waals surface area contributed by atoms with Crippen molar-refractivity contribution >= 4 is 38.9 Å². The van der Waals surface area contributed by atoms with Crippen molar-refractivity contribution in [3.63, 3.8) is 0 Å². The van der Waals surface area contributed by atoms with Crippen molar-refractivity contribution in [2.45, 2.75) is 39.8 Å². The van der Waals surface area contributed by atoms with Gasteiger partial charge in [-0.2, -0.15) is 0 Å². The van der Waals surface area contributed by atoms with Gasteiger partial charge in [0.15, 0.2) is 0 Å².